The quantitative estimate of drug-likeness (QED) is 0.686. The van der Waals surface area contributed by atoms with Crippen LogP contribution in [0.5, 0.6) is 0 Å². The van der Waals surface area contributed by atoms with Crippen LogP contribution in [-0.2, 0) is 13.0 Å². The first kappa shape index (κ1) is 9.53. The molecule has 2 N–H and O–H groups in total. The van der Waals surface area contributed by atoms with Crippen LogP contribution < -0.4 is 5.73 Å². The lowest BCUT2D eigenvalue weighted by Gasteiger charge is -2.28. The Morgan fingerprint density at radius 1 is 1.43 bits per heavy atom. The van der Waals surface area contributed by atoms with Gasteiger partial charge in [0.15, 0.2) is 0 Å². The highest BCUT2D eigenvalue weighted by Gasteiger charge is 2.16. The molecule has 0 saturated carbocycles. The number of anilines is 1. The maximum Gasteiger partial charge on any atom is 0.0352 e. The largest absolute Gasteiger partial charge is 0.398 e. The van der Waals surface area contributed by atoms with Gasteiger partial charge in [0.25, 0.3) is 0 Å². The van der Waals surface area contributed by atoms with Gasteiger partial charge in [0.2, 0.25) is 0 Å². The van der Waals surface area contributed by atoms with Crippen molar-refractivity contribution in [2.45, 2.75) is 26.8 Å². The summed E-state index contributed by atoms with van der Waals surface area (Å²) in [6.45, 7) is 7.67. The van der Waals surface area contributed by atoms with Gasteiger partial charge in [-0.2, -0.15) is 0 Å². The molecule has 76 valence electrons. The molecule has 0 aliphatic carbocycles. The molecule has 0 aromatic heterocycles. The topological polar surface area (TPSA) is 29.3 Å². The molecule has 2 rings (SSSR count). The third-order valence-corrected chi connectivity index (χ3v) is 3.04. The lowest BCUT2D eigenvalue weighted by Crippen LogP contribution is -2.30. The molecule has 1 aliphatic heterocycles. The fourth-order valence-corrected chi connectivity index (χ4v) is 2.23. The lowest BCUT2D eigenvalue weighted by atomic mass is 9.96. The molecule has 0 unspecified atom stereocenters. The molecule has 0 atom stereocenters. The zero-order chi connectivity index (χ0) is 10.1. The van der Waals surface area contributed by atoms with E-state index in [4.69, 9.17) is 5.73 Å². The molecule has 0 radical (unpaired) electrons. The number of hydrogen-bond donors (Lipinski definition) is 1. The van der Waals surface area contributed by atoms with Crippen LogP contribution in [-0.4, -0.2) is 18.0 Å². The van der Waals surface area contributed by atoms with E-state index < -0.39 is 0 Å². The third-order valence-electron chi connectivity index (χ3n) is 3.04. The van der Waals surface area contributed by atoms with E-state index in [0.29, 0.717) is 0 Å². The van der Waals surface area contributed by atoms with E-state index in [-0.39, 0.29) is 0 Å². The van der Waals surface area contributed by atoms with Crippen LogP contribution in [0.25, 0.3) is 0 Å². The normalized spacial score (nSPS) is 16.7. The molecule has 0 spiro atoms. The predicted octanol–water partition coefficient (Wildman–Crippen LogP) is 1.96. The van der Waals surface area contributed by atoms with Crippen LogP contribution in [0.15, 0.2) is 12.1 Å². The summed E-state index contributed by atoms with van der Waals surface area (Å²) in [5, 5.41) is 0. The van der Waals surface area contributed by atoms with Crippen molar-refractivity contribution in [3.8, 4) is 0 Å². The average molecular weight is 190 g/mol. The molecule has 0 fully saturated rings. The zero-order valence-electron chi connectivity index (χ0n) is 9.01. The van der Waals surface area contributed by atoms with Crippen molar-refractivity contribution in [1.29, 1.82) is 0 Å². The van der Waals surface area contributed by atoms with Crippen molar-refractivity contribution in [2.75, 3.05) is 18.8 Å². The van der Waals surface area contributed by atoms with Gasteiger partial charge in [-0.25, -0.2) is 0 Å². The smallest absolute Gasteiger partial charge is 0.0352 e. The van der Waals surface area contributed by atoms with Crippen molar-refractivity contribution in [3.63, 3.8) is 0 Å². The summed E-state index contributed by atoms with van der Waals surface area (Å²) in [5.74, 6) is 0. The average Bonchev–Trinajstić information content (AvgIpc) is 2.16. The summed E-state index contributed by atoms with van der Waals surface area (Å²) >= 11 is 0. The predicted molar refractivity (Wildman–Crippen MR) is 60.2 cm³/mol. The molecule has 0 saturated heterocycles. The highest BCUT2D eigenvalue weighted by Crippen LogP contribution is 2.25. The van der Waals surface area contributed by atoms with Gasteiger partial charge in [-0.3, -0.25) is 4.90 Å². The van der Waals surface area contributed by atoms with Crippen molar-refractivity contribution in [1.82, 2.24) is 4.90 Å². The monoisotopic (exact) mass is 190 g/mol. The van der Waals surface area contributed by atoms with Crippen molar-refractivity contribution >= 4 is 5.69 Å². The molecule has 0 amide bonds. The second-order valence-corrected chi connectivity index (χ2v) is 4.11. The van der Waals surface area contributed by atoms with E-state index in [1.165, 1.54) is 16.7 Å². The van der Waals surface area contributed by atoms with Gasteiger partial charge in [-0.05, 0) is 42.6 Å². The van der Waals surface area contributed by atoms with Crippen molar-refractivity contribution in [3.05, 3.63) is 28.8 Å². The summed E-state index contributed by atoms with van der Waals surface area (Å²) in [4.78, 5) is 2.46. The van der Waals surface area contributed by atoms with Crippen LogP contribution in [0, 0.1) is 6.92 Å². The van der Waals surface area contributed by atoms with E-state index >= 15 is 0 Å². The maximum atomic E-state index is 6.01. The Labute approximate surface area is 85.7 Å². The molecule has 1 heterocycles. The second-order valence-electron chi connectivity index (χ2n) is 4.11. The van der Waals surface area contributed by atoms with Gasteiger partial charge in [0.1, 0.15) is 0 Å². The Bertz CT molecular complexity index is 344. The van der Waals surface area contributed by atoms with E-state index in [0.717, 1.165) is 31.7 Å². The minimum Gasteiger partial charge on any atom is -0.398 e. The van der Waals surface area contributed by atoms with Gasteiger partial charge in [0, 0.05) is 18.8 Å². The standard InChI is InChI=1S/C12H18N2/c1-3-14-5-4-11-10(8-14)6-9(2)7-12(11)13/h6-7H,3-5,8,13H2,1-2H3. The van der Waals surface area contributed by atoms with Crippen molar-refractivity contribution < 1.29 is 0 Å². The van der Waals surface area contributed by atoms with E-state index in [1.54, 1.807) is 0 Å². The number of nitrogen functional groups attached to an aromatic ring is 1. The Morgan fingerprint density at radius 3 is 2.93 bits per heavy atom. The molecular formula is C12H18N2. The molecule has 1 aromatic carbocycles. The molecule has 2 nitrogen and oxygen atoms in total. The minimum absolute atomic E-state index is 0.982. The molecule has 14 heavy (non-hydrogen) atoms. The number of nitrogens with zero attached hydrogens (tertiary/aromatic N) is 1. The molecular weight excluding hydrogens is 172 g/mol. The second kappa shape index (κ2) is 3.62. The number of benzene rings is 1. The van der Waals surface area contributed by atoms with Crippen LogP contribution in [0.4, 0.5) is 5.69 Å². The fourth-order valence-electron chi connectivity index (χ4n) is 2.23. The van der Waals surface area contributed by atoms with Crippen LogP contribution in [0.1, 0.15) is 23.6 Å². The Kier molecular flexibility index (Phi) is 2.46. The first-order valence-electron chi connectivity index (χ1n) is 5.31. The summed E-state index contributed by atoms with van der Waals surface area (Å²) in [6, 6.07) is 4.36. The minimum atomic E-state index is 0.982. The number of likely N-dealkylation sites (N-methyl/N-ethyl adjacent to an activating group) is 1. The van der Waals surface area contributed by atoms with E-state index in [9.17, 15) is 0 Å². The first-order valence-corrected chi connectivity index (χ1v) is 5.31. The lowest BCUT2D eigenvalue weighted by molar-refractivity contribution is 0.268. The Hall–Kier alpha value is -1.02. The summed E-state index contributed by atoms with van der Waals surface area (Å²) < 4.78 is 0. The van der Waals surface area contributed by atoms with Gasteiger partial charge in [0.05, 0.1) is 0 Å². The SMILES string of the molecule is CCN1CCc2c(N)cc(C)cc2C1. The summed E-state index contributed by atoms with van der Waals surface area (Å²) in [6.07, 6.45) is 1.11. The van der Waals surface area contributed by atoms with Crippen LogP contribution in [0.2, 0.25) is 0 Å². The number of hydrogen-bond acceptors (Lipinski definition) is 2. The highest BCUT2D eigenvalue weighted by atomic mass is 15.1. The molecule has 1 aliphatic rings. The number of aryl methyl sites for hydroxylation is 1. The summed E-state index contributed by atoms with van der Waals surface area (Å²) in [7, 11) is 0. The number of nitrogens with two attached hydrogens (primary N) is 1. The van der Waals surface area contributed by atoms with Crippen LogP contribution >= 0.6 is 0 Å². The van der Waals surface area contributed by atoms with Crippen LogP contribution in [0.3, 0.4) is 0 Å². The van der Waals surface area contributed by atoms with E-state index in [2.05, 4.69) is 30.9 Å². The highest BCUT2D eigenvalue weighted by molar-refractivity contribution is 5.54. The number of fused-ring (bicyclic) bond motifs is 1. The molecule has 1 aromatic rings. The van der Waals surface area contributed by atoms with Gasteiger partial charge in [-0.15, -0.1) is 0 Å². The molecule has 2 heteroatoms. The fraction of sp³-hybridized carbons (Fsp3) is 0.500. The van der Waals surface area contributed by atoms with Gasteiger partial charge in [-0.1, -0.05) is 13.0 Å². The maximum absolute atomic E-state index is 6.01. The number of rotatable bonds is 1. The third kappa shape index (κ3) is 1.62. The molecule has 0 bridgehead atoms. The zero-order valence-corrected chi connectivity index (χ0v) is 9.01. The van der Waals surface area contributed by atoms with Gasteiger partial charge < -0.3 is 5.73 Å². The summed E-state index contributed by atoms with van der Waals surface area (Å²) in [5.41, 5.74) is 11.1. The van der Waals surface area contributed by atoms with Crippen molar-refractivity contribution in [2.24, 2.45) is 0 Å². The Balaban J connectivity index is 2.37. The van der Waals surface area contributed by atoms with Gasteiger partial charge >= 0.3 is 0 Å². The van der Waals surface area contributed by atoms with E-state index in [1.807, 2.05) is 0 Å². The first-order chi connectivity index (χ1) is 6.70. The Morgan fingerprint density at radius 2 is 2.21 bits per heavy atom.